The quantitative estimate of drug-likeness (QED) is 0.721. The molecule has 2 aromatic rings. The van der Waals surface area contributed by atoms with Gasteiger partial charge < -0.3 is 15.7 Å². The molecule has 1 saturated heterocycles. The van der Waals surface area contributed by atoms with Gasteiger partial charge in [0.05, 0.1) is 11.3 Å². The molecular formula is C17H18F4N4O. The van der Waals surface area contributed by atoms with E-state index < -0.39 is 23.7 Å². The number of hydrogen-bond donors (Lipinski definition) is 3. The maximum absolute atomic E-state index is 13.1. The summed E-state index contributed by atoms with van der Waals surface area (Å²) < 4.78 is 51.5. The highest BCUT2D eigenvalue weighted by Gasteiger charge is 2.32. The monoisotopic (exact) mass is 370 g/mol. The highest BCUT2D eigenvalue weighted by Crippen LogP contribution is 2.38. The highest BCUT2D eigenvalue weighted by atomic mass is 19.4. The van der Waals surface area contributed by atoms with Gasteiger partial charge in [-0.05, 0) is 43.2 Å². The number of alkyl halides is 4. The molecule has 1 aromatic heterocycles. The molecule has 0 saturated carbocycles. The minimum atomic E-state index is -4.53. The second-order valence-corrected chi connectivity index (χ2v) is 6.31. The molecule has 1 aromatic carbocycles. The van der Waals surface area contributed by atoms with Crippen LogP contribution in [0.25, 0.3) is 11.3 Å². The Bertz CT molecular complexity index is 756. The Labute approximate surface area is 147 Å². The Hall–Kier alpha value is -2.42. The molecular weight excluding hydrogens is 352 g/mol. The van der Waals surface area contributed by atoms with Crippen LogP contribution in [0.1, 0.15) is 17.5 Å². The smallest absolute Gasteiger partial charge is 0.416 e. The Balaban J connectivity index is 1.74. The number of nitrogens with one attached hydrogen (secondary N) is 2. The number of anilines is 1. The summed E-state index contributed by atoms with van der Waals surface area (Å²) >= 11 is 0. The lowest BCUT2D eigenvalue weighted by molar-refractivity contribution is -0.137. The topological polar surface area (TPSA) is 70.1 Å². The zero-order valence-corrected chi connectivity index (χ0v) is 13.9. The average molecular weight is 370 g/mol. The number of nitrogens with zero attached hydrogens (tertiary/aromatic N) is 2. The van der Waals surface area contributed by atoms with E-state index in [1.165, 1.54) is 6.92 Å². The van der Waals surface area contributed by atoms with Gasteiger partial charge in [0, 0.05) is 24.7 Å². The van der Waals surface area contributed by atoms with E-state index in [4.69, 9.17) is 0 Å². The highest BCUT2D eigenvalue weighted by molar-refractivity contribution is 5.71. The van der Waals surface area contributed by atoms with Gasteiger partial charge in [0.15, 0.2) is 0 Å². The van der Waals surface area contributed by atoms with Crippen LogP contribution in [0.4, 0.5) is 23.4 Å². The van der Waals surface area contributed by atoms with Crippen LogP contribution in [0.5, 0.6) is 5.75 Å². The molecule has 2 atom stereocenters. The fraction of sp³-hybridized carbons (Fsp3) is 0.412. The van der Waals surface area contributed by atoms with Crippen LogP contribution in [0.3, 0.4) is 0 Å². The van der Waals surface area contributed by atoms with Gasteiger partial charge in [0.2, 0.25) is 0 Å². The minimum Gasteiger partial charge on any atom is -0.507 e. The number of benzene rings is 1. The fourth-order valence-corrected chi connectivity index (χ4v) is 2.98. The van der Waals surface area contributed by atoms with Crippen molar-refractivity contribution in [2.24, 2.45) is 0 Å². The standard InChI is InChI=1S/C17H18F4N4O/c1-9-4-10(17(19,20)21)5-14(26)16(9)13-2-3-15(25-24-13)23-8-12-6-11(18)7-22-12/h2-5,11-12,22,26H,6-8H2,1H3,(H,23,25). The van der Waals surface area contributed by atoms with Gasteiger partial charge in [0.25, 0.3) is 0 Å². The lowest BCUT2D eigenvalue weighted by Gasteiger charge is -2.14. The summed E-state index contributed by atoms with van der Waals surface area (Å²) in [6.07, 6.45) is -4.95. The van der Waals surface area contributed by atoms with Crippen LogP contribution < -0.4 is 10.6 Å². The molecule has 0 amide bonds. The first-order valence-corrected chi connectivity index (χ1v) is 8.10. The van der Waals surface area contributed by atoms with Crippen LogP contribution in [0.2, 0.25) is 0 Å². The lowest BCUT2D eigenvalue weighted by atomic mass is 10.0. The summed E-state index contributed by atoms with van der Waals surface area (Å²) in [5, 5.41) is 24.0. The predicted octanol–water partition coefficient (Wildman–Crippen LogP) is 3.29. The Morgan fingerprint density at radius 1 is 1.27 bits per heavy atom. The summed E-state index contributed by atoms with van der Waals surface area (Å²) in [6.45, 7) is 2.29. The van der Waals surface area contributed by atoms with Gasteiger partial charge in [-0.2, -0.15) is 13.2 Å². The van der Waals surface area contributed by atoms with E-state index in [2.05, 4.69) is 20.8 Å². The number of rotatable bonds is 4. The molecule has 2 heterocycles. The number of phenolic OH excluding ortho intramolecular Hbond substituents is 1. The molecule has 3 rings (SSSR count). The molecule has 26 heavy (non-hydrogen) atoms. The Morgan fingerprint density at radius 3 is 2.58 bits per heavy atom. The van der Waals surface area contributed by atoms with Crippen molar-refractivity contribution in [1.82, 2.24) is 15.5 Å². The zero-order chi connectivity index (χ0) is 18.9. The minimum absolute atomic E-state index is 0.00711. The molecule has 0 bridgehead atoms. The number of aryl methyl sites for hydroxylation is 1. The number of halogens is 4. The maximum Gasteiger partial charge on any atom is 0.416 e. The van der Waals surface area contributed by atoms with Crippen molar-refractivity contribution in [1.29, 1.82) is 0 Å². The number of aromatic hydroxyl groups is 1. The molecule has 5 nitrogen and oxygen atoms in total. The molecule has 1 aliphatic heterocycles. The molecule has 140 valence electrons. The predicted molar refractivity (Wildman–Crippen MR) is 88.7 cm³/mol. The van der Waals surface area contributed by atoms with Crippen LogP contribution in [-0.4, -0.2) is 40.6 Å². The summed E-state index contributed by atoms with van der Waals surface area (Å²) in [7, 11) is 0. The van der Waals surface area contributed by atoms with Crippen LogP contribution in [0, 0.1) is 6.92 Å². The van der Waals surface area contributed by atoms with Crippen molar-refractivity contribution in [2.75, 3.05) is 18.4 Å². The van der Waals surface area contributed by atoms with Gasteiger partial charge in [-0.25, -0.2) is 4.39 Å². The first kappa shape index (κ1) is 18.4. The Kier molecular flexibility index (Phi) is 4.99. The second kappa shape index (κ2) is 7.06. The molecule has 9 heteroatoms. The molecule has 3 N–H and O–H groups in total. The van der Waals surface area contributed by atoms with Crippen LogP contribution in [-0.2, 0) is 6.18 Å². The SMILES string of the molecule is Cc1cc(C(F)(F)F)cc(O)c1-c1ccc(NCC2CC(F)CN2)nn1. The third kappa shape index (κ3) is 4.04. The van der Waals surface area contributed by atoms with Gasteiger partial charge in [0.1, 0.15) is 17.7 Å². The normalized spacial score (nSPS) is 20.3. The van der Waals surface area contributed by atoms with Gasteiger partial charge >= 0.3 is 6.18 Å². The third-order valence-corrected chi connectivity index (χ3v) is 4.26. The van der Waals surface area contributed by atoms with E-state index in [-0.39, 0.29) is 22.9 Å². The largest absolute Gasteiger partial charge is 0.507 e. The average Bonchev–Trinajstić information content (AvgIpc) is 2.98. The number of aromatic nitrogens is 2. The van der Waals surface area contributed by atoms with Gasteiger partial charge in [-0.1, -0.05) is 0 Å². The van der Waals surface area contributed by atoms with Crippen molar-refractivity contribution in [2.45, 2.75) is 31.7 Å². The first-order chi connectivity index (χ1) is 12.2. The number of hydrogen-bond acceptors (Lipinski definition) is 5. The first-order valence-electron chi connectivity index (χ1n) is 8.10. The van der Waals surface area contributed by atoms with Crippen LogP contribution >= 0.6 is 0 Å². The summed E-state index contributed by atoms with van der Waals surface area (Å²) in [5.74, 6) is -0.0432. The molecule has 1 aliphatic rings. The van der Waals surface area contributed by atoms with E-state index in [0.717, 1.165) is 6.07 Å². The van der Waals surface area contributed by atoms with E-state index in [0.29, 0.717) is 31.4 Å². The van der Waals surface area contributed by atoms with Crippen molar-refractivity contribution in [3.05, 3.63) is 35.4 Å². The second-order valence-electron chi connectivity index (χ2n) is 6.31. The van der Waals surface area contributed by atoms with Crippen molar-refractivity contribution in [3.8, 4) is 17.0 Å². The molecule has 2 unspecified atom stereocenters. The number of phenols is 1. The Morgan fingerprint density at radius 2 is 2.04 bits per heavy atom. The molecule has 0 radical (unpaired) electrons. The van der Waals surface area contributed by atoms with Crippen molar-refractivity contribution in [3.63, 3.8) is 0 Å². The van der Waals surface area contributed by atoms with E-state index >= 15 is 0 Å². The fourth-order valence-electron chi connectivity index (χ4n) is 2.98. The van der Waals surface area contributed by atoms with Crippen LogP contribution in [0.15, 0.2) is 24.3 Å². The van der Waals surface area contributed by atoms with E-state index in [1.807, 2.05) is 0 Å². The summed E-state index contributed by atoms with van der Waals surface area (Å²) in [6, 6.07) is 4.82. The maximum atomic E-state index is 13.1. The van der Waals surface area contributed by atoms with Crippen molar-refractivity contribution >= 4 is 5.82 Å². The molecule has 1 fully saturated rings. The van der Waals surface area contributed by atoms with E-state index in [9.17, 15) is 22.7 Å². The third-order valence-electron chi connectivity index (χ3n) is 4.26. The van der Waals surface area contributed by atoms with Gasteiger partial charge in [-0.15, -0.1) is 10.2 Å². The lowest BCUT2D eigenvalue weighted by Crippen LogP contribution is -2.29. The van der Waals surface area contributed by atoms with Crippen molar-refractivity contribution < 1.29 is 22.7 Å². The molecule has 0 aliphatic carbocycles. The zero-order valence-electron chi connectivity index (χ0n) is 13.9. The van der Waals surface area contributed by atoms with Gasteiger partial charge in [-0.3, -0.25) is 0 Å². The molecule has 0 spiro atoms. The summed E-state index contributed by atoms with van der Waals surface area (Å²) in [4.78, 5) is 0. The summed E-state index contributed by atoms with van der Waals surface area (Å²) in [5.41, 5.74) is -0.203. The van der Waals surface area contributed by atoms with E-state index in [1.54, 1.807) is 12.1 Å².